The third-order valence-electron chi connectivity index (χ3n) is 3.69. The van der Waals surface area contributed by atoms with Gasteiger partial charge in [0.2, 0.25) is 12.4 Å². The van der Waals surface area contributed by atoms with Crippen molar-refractivity contribution in [3.8, 4) is 0 Å². The van der Waals surface area contributed by atoms with Crippen molar-refractivity contribution < 1.29 is 18.0 Å². The SMILES string of the molecule is C1CC1.CCNc1nc(Nc2cn[nH]c2C2CC2)ncc1C(F)(F)F.NC=O. The van der Waals surface area contributed by atoms with Crippen LogP contribution >= 0.6 is 0 Å². The monoisotopic (exact) mass is 399 g/mol. The quantitative estimate of drug-likeness (QED) is 0.571. The molecule has 0 aromatic carbocycles. The fourth-order valence-corrected chi connectivity index (χ4v) is 2.15. The van der Waals surface area contributed by atoms with Gasteiger partial charge in [-0.25, -0.2) is 4.98 Å². The summed E-state index contributed by atoms with van der Waals surface area (Å²) in [6.45, 7) is 2.04. The number of amides is 1. The van der Waals surface area contributed by atoms with E-state index in [4.69, 9.17) is 4.79 Å². The number of carbonyl (C=O) groups is 1. The molecule has 11 heteroatoms. The molecule has 8 nitrogen and oxygen atoms in total. The maximum atomic E-state index is 12.9. The molecule has 0 spiro atoms. The van der Waals surface area contributed by atoms with Gasteiger partial charge in [-0.1, -0.05) is 19.3 Å². The van der Waals surface area contributed by atoms with Crippen molar-refractivity contribution in [2.75, 3.05) is 17.2 Å². The molecule has 2 aromatic rings. The molecule has 28 heavy (non-hydrogen) atoms. The molecular formula is C17H24F3N7O. The highest BCUT2D eigenvalue weighted by Gasteiger charge is 2.35. The van der Waals surface area contributed by atoms with Gasteiger partial charge < -0.3 is 16.4 Å². The van der Waals surface area contributed by atoms with Crippen molar-refractivity contribution >= 4 is 23.9 Å². The minimum Gasteiger partial charge on any atom is -0.372 e. The number of halogens is 3. The first-order valence-electron chi connectivity index (χ1n) is 9.04. The molecule has 154 valence electrons. The number of hydrogen-bond acceptors (Lipinski definition) is 6. The van der Waals surface area contributed by atoms with E-state index < -0.39 is 11.7 Å². The lowest BCUT2D eigenvalue weighted by molar-refractivity contribution is -0.137. The van der Waals surface area contributed by atoms with Crippen LogP contribution in [-0.2, 0) is 11.0 Å². The van der Waals surface area contributed by atoms with Crippen molar-refractivity contribution in [1.29, 1.82) is 0 Å². The summed E-state index contributed by atoms with van der Waals surface area (Å²) in [5.74, 6) is 0.295. The molecule has 2 heterocycles. The van der Waals surface area contributed by atoms with E-state index in [0.29, 0.717) is 18.2 Å². The summed E-state index contributed by atoms with van der Waals surface area (Å²) >= 11 is 0. The van der Waals surface area contributed by atoms with Gasteiger partial charge in [-0.15, -0.1) is 0 Å². The van der Waals surface area contributed by atoms with Gasteiger partial charge in [0.1, 0.15) is 11.4 Å². The molecule has 2 aromatic heterocycles. The Balaban J connectivity index is 0.000000406. The number of aromatic amines is 1. The first-order chi connectivity index (χ1) is 13.4. The highest BCUT2D eigenvalue weighted by molar-refractivity contribution is 5.59. The van der Waals surface area contributed by atoms with Crippen molar-refractivity contribution in [2.24, 2.45) is 5.73 Å². The summed E-state index contributed by atoms with van der Waals surface area (Å²) in [6.07, 6.45) is 4.78. The number of carbonyl (C=O) groups excluding carboxylic acids is 1. The van der Waals surface area contributed by atoms with Crippen LogP contribution < -0.4 is 16.4 Å². The molecule has 2 fully saturated rings. The molecule has 0 unspecified atom stereocenters. The molecule has 2 saturated carbocycles. The van der Waals surface area contributed by atoms with Crippen molar-refractivity contribution in [1.82, 2.24) is 20.2 Å². The highest BCUT2D eigenvalue weighted by Crippen LogP contribution is 2.42. The second kappa shape index (κ2) is 9.90. The number of aromatic nitrogens is 4. The fraction of sp³-hybridized carbons (Fsp3) is 0.529. The third-order valence-corrected chi connectivity index (χ3v) is 3.69. The molecule has 1 amide bonds. The van der Waals surface area contributed by atoms with Crippen LogP contribution in [0.4, 0.5) is 30.6 Å². The number of primary amides is 1. The third kappa shape index (κ3) is 6.71. The summed E-state index contributed by atoms with van der Waals surface area (Å²) in [6, 6.07) is 0. The van der Waals surface area contributed by atoms with Gasteiger partial charge in [0.25, 0.3) is 0 Å². The number of nitrogens with two attached hydrogens (primary N) is 1. The second-order valence-corrected chi connectivity index (χ2v) is 6.28. The van der Waals surface area contributed by atoms with Crippen LogP contribution in [0.1, 0.15) is 56.2 Å². The Hall–Kier alpha value is -2.85. The van der Waals surface area contributed by atoms with Crippen molar-refractivity contribution in [3.63, 3.8) is 0 Å². The molecule has 2 aliphatic carbocycles. The predicted molar refractivity (Wildman–Crippen MR) is 99.1 cm³/mol. The molecule has 0 saturated heterocycles. The molecule has 0 aliphatic heterocycles. The van der Waals surface area contributed by atoms with Crippen molar-refractivity contribution in [2.45, 2.75) is 51.1 Å². The first kappa shape index (κ1) is 21.5. The number of nitrogens with zero attached hydrogens (tertiary/aromatic N) is 3. The van der Waals surface area contributed by atoms with Gasteiger partial charge >= 0.3 is 6.18 Å². The van der Waals surface area contributed by atoms with E-state index in [1.165, 1.54) is 19.3 Å². The number of H-pyrrole nitrogens is 1. The first-order valence-corrected chi connectivity index (χ1v) is 9.04. The molecule has 5 N–H and O–H groups in total. The molecule has 0 atom stereocenters. The van der Waals surface area contributed by atoms with E-state index in [9.17, 15) is 13.2 Å². The molecule has 0 radical (unpaired) electrons. The average Bonchev–Trinajstić information content (AvgIpc) is 3.54. The van der Waals surface area contributed by atoms with Crippen LogP contribution in [0.25, 0.3) is 0 Å². The molecule has 0 bridgehead atoms. The Morgan fingerprint density at radius 2 is 1.93 bits per heavy atom. The minimum atomic E-state index is -4.50. The van der Waals surface area contributed by atoms with E-state index in [-0.39, 0.29) is 18.2 Å². The van der Waals surface area contributed by atoms with E-state index >= 15 is 0 Å². The van der Waals surface area contributed by atoms with E-state index in [2.05, 4.69) is 36.5 Å². The summed E-state index contributed by atoms with van der Waals surface area (Å²) in [5, 5.41) is 12.4. The number of nitrogens with one attached hydrogen (secondary N) is 3. The van der Waals surface area contributed by atoms with Gasteiger partial charge in [-0.3, -0.25) is 9.89 Å². The van der Waals surface area contributed by atoms with Gasteiger partial charge in [-0.2, -0.15) is 23.3 Å². The Morgan fingerprint density at radius 1 is 1.29 bits per heavy atom. The Morgan fingerprint density at radius 3 is 2.43 bits per heavy atom. The predicted octanol–water partition coefficient (Wildman–Crippen LogP) is 3.54. The number of alkyl halides is 3. The zero-order valence-corrected chi connectivity index (χ0v) is 15.5. The lowest BCUT2D eigenvalue weighted by atomic mass is 10.2. The molecule has 2 aliphatic rings. The lowest BCUT2D eigenvalue weighted by Crippen LogP contribution is -2.14. The summed E-state index contributed by atoms with van der Waals surface area (Å²) in [4.78, 5) is 16.3. The Labute approximate surface area is 160 Å². The number of anilines is 3. The smallest absolute Gasteiger partial charge is 0.372 e. The maximum absolute atomic E-state index is 12.9. The summed E-state index contributed by atoms with van der Waals surface area (Å²) < 4.78 is 38.7. The topological polar surface area (TPSA) is 122 Å². The van der Waals surface area contributed by atoms with Crippen molar-refractivity contribution in [3.05, 3.63) is 23.7 Å². The summed E-state index contributed by atoms with van der Waals surface area (Å²) in [7, 11) is 0. The zero-order valence-electron chi connectivity index (χ0n) is 15.5. The van der Waals surface area contributed by atoms with Gasteiger partial charge in [-0.05, 0) is 19.8 Å². The average molecular weight is 399 g/mol. The lowest BCUT2D eigenvalue weighted by Gasteiger charge is -2.13. The highest BCUT2D eigenvalue weighted by atomic mass is 19.4. The van der Waals surface area contributed by atoms with Crippen LogP contribution in [-0.4, -0.2) is 33.1 Å². The van der Waals surface area contributed by atoms with Crippen LogP contribution in [0, 0.1) is 0 Å². The zero-order chi connectivity index (χ0) is 20.6. The Bertz CT molecular complexity index is 755. The fourth-order valence-electron chi connectivity index (χ4n) is 2.15. The van der Waals surface area contributed by atoms with Gasteiger partial charge in [0, 0.05) is 18.7 Å². The minimum absolute atomic E-state index is 0.104. The van der Waals surface area contributed by atoms with Gasteiger partial charge in [0.15, 0.2) is 0 Å². The van der Waals surface area contributed by atoms with E-state index in [1.54, 1.807) is 13.1 Å². The molecular weight excluding hydrogens is 375 g/mol. The molecule has 4 rings (SSSR count). The normalized spacial score (nSPS) is 14.7. The Kier molecular flexibility index (Phi) is 7.59. The van der Waals surface area contributed by atoms with Crippen LogP contribution in [0.5, 0.6) is 0 Å². The van der Waals surface area contributed by atoms with Crippen LogP contribution in [0.3, 0.4) is 0 Å². The standard InChI is InChI=1S/C13H15F3N6.C3H6.CH3NO/c1-2-17-11-8(13(14,15)16)5-18-12(21-11)20-9-6-19-22-10(9)7-3-4-7;1-2-3-1;2-1-3/h5-7H,2-4H2,1H3,(H,19,22)(H2,17,18,20,21);1-3H2;1H,(H2,2,3). The van der Waals surface area contributed by atoms with E-state index in [0.717, 1.165) is 24.7 Å². The van der Waals surface area contributed by atoms with Gasteiger partial charge in [0.05, 0.1) is 17.6 Å². The second-order valence-electron chi connectivity index (χ2n) is 6.28. The maximum Gasteiger partial charge on any atom is 0.421 e. The van der Waals surface area contributed by atoms with Crippen LogP contribution in [0.2, 0.25) is 0 Å². The number of rotatable bonds is 5. The number of hydrogen-bond donors (Lipinski definition) is 4. The van der Waals surface area contributed by atoms with E-state index in [1.807, 2.05) is 0 Å². The largest absolute Gasteiger partial charge is 0.421 e. The van der Waals surface area contributed by atoms with Crippen LogP contribution in [0.15, 0.2) is 12.4 Å². The summed E-state index contributed by atoms with van der Waals surface area (Å²) in [5.41, 5.74) is 4.92.